The van der Waals surface area contributed by atoms with Crippen LogP contribution in [0.25, 0.3) is 11.5 Å². The molecule has 0 radical (unpaired) electrons. The molecule has 2 heterocycles. The normalized spacial score (nSPS) is 10.4. The van der Waals surface area contributed by atoms with Crippen LogP contribution in [0.2, 0.25) is 0 Å². The second-order valence-electron chi connectivity index (χ2n) is 2.82. The molecule has 2 aromatic rings. The van der Waals surface area contributed by atoms with Crippen molar-refractivity contribution in [3.05, 3.63) is 27.3 Å². The van der Waals surface area contributed by atoms with E-state index in [1.807, 2.05) is 11.4 Å². The number of aromatic amines is 1. The summed E-state index contributed by atoms with van der Waals surface area (Å²) in [5.74, 6) is 0.760. The van der Waals surface area contributed by atoms with Crippen LogP contribution in [-0.4, -0.2) is 15.0 Å². The predicted molar refractivity (Wildman–Crippen MR) is 59.9 cm³/mol. The van der Waals surface area contributed by atoms with E-state index in [1.54, 1.807) is 16.8 Å². The molecular formula is C9H9N3S2. The zero-order valence-electron chi connectivity index (χ0n) is 7.65. The Hall–Kier alpha value is -1.07. The second kappa shape index (κ2) is 3.98. The van der Waals surface area contributed by atoms with Gasteiger partial charge in [-0.1, -0.05) is 19.1 Å². The third-order valence-electron chi connectivity index (χ3n) is 1.85. The number of aryl methyl sites for hydroxylation is 1. The molecule has 0 aliphatic rings. The molecule has 1 N–H and O–H groups in total. The van der Waals surface area contributed by atoms with E-state index in [1.165, 1.54) is 0 Å². The number of H-pyrrole nitrogens is 1. The number of aromatic nitrogens is 3. The SMILES string of the molecule is CCc1cc(=S)nc(-c2cscn2)[nH]1. The molecule has 0 unspecified atom stereocenters. The molecule has 0 fully saturated rings. The first-order valence-corrected chi connectivity index (χ1v) is 5.63. The fourth-order valence-electron chi connectivity index (χ4n) is 1.15. The summed E-state index contributed by atoms with van der Waals surface area (Å²) in [4.78, 5) is 11.6. The third kappa shape index (κ3) is 1.88. The van der Waals surface area contributed by atoms with E-state index in [0.29, 0.717) is 4.64 Å². The van der Waals surface area contributed by atoms with Gasteiger partial charge in [-0.2, -0.15) is 0 Å². The van der Waals surface area contributed by atoms with Gasteiger partial charge in [-0.05, 0) is 12.5 Å². The minimum absolute atomic E-state index is 0.614. The van der Waals surface area contributed by atoms with Gasteiger partial charge in [0.05, 0.1) is 5.51 Å². The average molecular weight is 223 g/mol. The number of hydrogen-bond acceptors (Lipinski definition) is 4. The van der Waals surface area contributed by atoms with Crippen molar-refractivity contribution in [2.45, 2.75) is 13.3 Å². The standard InChI is InChI=1S/C9H9N3S2/c1-2-6-3-8(13)12-9(11-6)7-4-14-5-10-7/h3-5H,2H2,1H3,(H,11,12,13). The van der Waals surface area contributed by atoms with Crippen LogP contribution in [0.5, 0.6) is 0 Å². The topological polar surface area (TPSA) is 41.6 Å². The Morgan fingerprint density at radius 3 is 3.07 bits per heavy atom. The van der Waals surface area contributed by atoms with E-state index in [-0.39, 0.29) is 0 Å². The molecule has 0 saturated carbocycles. The van der Waals surface area contributed by atoms with Crippen LogP contribution in [0.15, 0.2) is 17.0 Å². The van der Waals surface area contributed by atoms with Crippen molar-refractivity contribution < 1.29 is 0 Å². The first-order chi connectivity index (χ1) is 6.79. The molecular weight excluding hydrogens is 214 g/mol. The van der Waals surface area contributed by atoms with Gasteiger partial charge in [-0.25, -0.2) is 9.97 Å². The molecule has 14 heavy (non-hydrogen) atoms. The Labute approximate surface area is 90.9 Å². The Morgan fingerprint density at radius 1 is 1.57 bits per heavy atom. The van der Waals surface area contributed by atoms with E-state index in [2.05, 4.69) is 21.9 Å². The first-order valence-electron chi connectivity index (χ1n) is 4.28. The Morgan fingerprint density at radius 2 is 2.43 bits per heavy atom. The fraction of sp³-hybridized carbons (Fsp3) is 0.222. The van der Waals surface area contributed by atoms with Gasteiger partial charge in [0.1, 0.15) is 10.3 Å². The van der Waals surface area contributed by atoms with E-state index >= 15 is 0 Å². The summed E-state index contributed by atoms with van der Waals surface area (Å²) in [5, 5.41) is 1.95. The smallest absolute Gasteiger partial charge is 0.158 e. The van der Waals surface area contributed by atoms with Gasteiger partial charge in [0.2, 0.25) is 0 Å². The zero-order chi connectivity index (χ0) is 9.97. The molecule has 0 saturated heterocycles. The minimum Gasteiger partial charge on any atom is -0.342 e. The summed E-state index contributed by atoms with van der Waals surface area (Å²) in [6.45, 7) is 2.07. The van der Waals surface area contributed by atoms with E-state index in [9.17, 15) is 0 Å². The lowest BCUT2D eigenvalue weighted by Crippen LogP contribution is -1.94. The average Bonchev–Trinajstić information content (AvgIpc) is 2.69. The molecule has 5 heteroatoms. The van der Waals surface area contributed by atoms with Gasteiger partial charge in [0, 0.05) is 11.1 Å². The summed E-state index contributed by atoms with van der Waals surface area (Å²) in [6.07, 6.45) is 0.920. The van der Waals surface area contributed by atoms with Crippen LogP contribution in [0.1, 0.15) is 12.6 Å². The molecule has 2 rings (SSSR count). The number of thiazole rings is 1. The number of nitrogens with one attached hydrogen (secondary N) is 1. The molecule has 0 bridgehead atoms. The highest BCUT2D eigenvalue weighted by Gasteiger charge is 2.02. The molecule has 0 aromatic carbocycles. The van der Waals surface area contributed by atoms with E-state index in [0.717, 1.165) is 23.6 Å². The maximum Gasteiger partial charge on any atom is 0.158 e. The molecule has 72 valence electrons. The van der Waals surface area contributed by atoms with Gasteiger partial charge in [-0.3, -0.25) is 0 Å². The van der Waals surface area contributed by atoms with Crippen LogP contribution in [-0.2, 0) is 6.42 Å². The van der Waals surface area contributed by atoms with Crippen molar-refractivity contribution in [2.24, 2.45) is 0 Å². The summed E-state index contributed by atoms with van der Waals surface area (Å²) in [6, 6.07) is 1.88. The number of nitrogens with zero attached hydrogens (tertiary/aromatic N) is 2. The molecule has 0 atom stereocenters. The quantitative estimate of drug-likeness (QED) is 0.796. The first kappa shape index (κ1) is 9.48. The van der Waals surface area contributed by atoms with Gasteiger partial charge in [0.15, 0.2) is 5.82 Å². The largest absolute Gasteiger partial charge is 0.342 e. The van der Waals surface area contributed by atoms with Crippen molar-refractivity contribution in [3.8, 4) is 11.5 Å². The van der Waals surface area contributed by atoms with Crippen molar-refractivity contribution in [1.29, 1.82) is 0 Å². The fourth-order valence-corrected chi connectivity index (χ4v) is 1.92. The zero-order valence-corrected chi connectivity index (χ0v) is 9.28. The highest BCUT2D eigenvalue weighted by atomic mass is 32.1. The molecule has 0 amide bonds. The van der Waals surface area contributed by atoms with Crippen LogP contribution < -0.4 is 0 Å². The molecule has 2 aromatic heterocycles. The van der Waals surface area contributed by atoms with Crippen LogP contribution >= 0.6 is 23.6 Å². The highest BCUT2D eigenvalue weighted by Crippen LogP contribution is 2.14. The van der Waals surface area contributed by atoms with Crippen LogP contribution in [0.4, 0.5) is 0 Å². The van der Waals surface area contributed by atoms with Crippen molar-refractivity contribution in [1.82, 2.24) is 15.0 Å². The molecule has 0 aliphatic heterocycles. The lowest BCUT2D eigenvalue weighted by Gasteiger charge is -2.00. The summed E-state index contributed by atoms with van der Waals surface area (Å²) >= 11 is 6.62. The highest BCUT2D eigenvalue weighted by molar-refractivity contribution is 7.71. The van der Waals surface area contributed by atoms with Crippen molar-refractivity contribution in [3.63, 3.8) is 0 Å². The Bertz CT molecular complexity index is 473. The van der Waals surface area contributed by atoms with Gasteiger partial charge in [-0.15, -0.1) is 11.3 Å². The second-order valence-corrected chi connectivity index (χ2v) is 3.96. The Balaban J connectivity index is 2.54. The molecule has 3 nitrogen and oxygen atoms in total. The number of rotatable bonds is 2. The van der Waals surface area contributed by atoms with Crippen LogP contribution in [0, 0.1) is 4.64 Å². The third-order valence-corrected chi connectivity index (χ3v) is 2.65. The molecule has 0 spiro atoms. The lowest BCUT2D eigenvalue weighted by atomic mass is 10.3. The lowest BCUT2D eigenvalue weighted by molar-refractivity contribution is 0.994. The summed E-state index contributed by atoms with van der Waals surface area (Å²) < 4.78 is 0.614. The maximum absolute atomic E-state index is 5.07. The molecule has 0 aliphatic carbocycles. The summed E-state index contributed by atoms with van der Waals surface area (Å²) in [7, 11) is 0. The van der Waals surface area contributed by atoms with Crippen molar-refractivity contribution in [2.75, 3.05) is 0 Å². The maximum atomic E-state index is 5.07. The van der Waals surface area contributed by atoms with Crippen LogP contribution in [0.3, 0.4) is 0 Å². The minimum atomic E-state index is 0.614. The van der Waals surface area contributed by atoms with E-state index < -0.39 is 0 Å². The van der Waals surface area contributed by atoms with Gasteiger partial charge in [0.25, 0.3) is 0 Å². The van der Waals surface area contributed by atoms with E-state index in [4.69, 9.17) is 12.2 Å². The Kier molecular flexibility index (Phi) is 2.69. The van der Waals surface area contributed by atoms with Gasteiger partial charge >= 0.3 is 0 Å². The number of hydrogen-bond donors (Lipinski definition) is 1. The summed E-state index contributed by atoms with van der Waals surface area (Å²) in [5.41, 5.74) is 3.73. The van der Waals surface area contributed by atoms with Gasteiger partial charge < -0.3 is 4.98 Å². The monoisotopic (exact) mass is 223 g/mol. The van der Waals surface area contributed by atoms with Crippen molar-refractivity contribution >= 4 is 23.6 Å². The predicted octanol–water partition coefficient (Wildman–Crippen LogP) is 2.83.